The number of hydrogen-bond donors (Lipinski definition) is 0. The molecule has 0 radical (unpaired) electrons. The Bertz CT molecular complexity index is 528. The Balaban J connectivity index is 2.39. The molecule has 0 aromatic heterocycles. The van der Waals surface area contributed by atoms with Crippen molar-refractivity contribution >= 4 is 21.6 Å². The van der Waals surface area contributed by atoms with Crippen molar-refractivity contribution in [2.24, 2.45) is 0 Å². The number of alkyl halides is 1. The maximum absolute atomic E-state index is 13.7. The Morgan fingerprint density at radius 2 is 2.12 bits per heavy atom. The number of nitrogens with zero attached hydrogens (tertiary/aromatic N) is 1. The van der Waals surface area contributed by atoms with Crippen LogP contribution in [0.3, 0.4) is 0 Å². The number of sulfonamides is 1. The minimum absolute atomic E-state index is 0.0205. The zero-order chi connectivity index (χ0) is 12.6. The normalized spacial score (nSPS) is 16.5. The van der Waals surface area contributed by atoms with E-state index in [1.165, 1.54) is 29.6 Å². The van der Waals surface area contributed by atoms with Gasteiger partial charge >= 0.3 is 0 Å². The quantitative estimate of drug-likeness (QED) is 0.792. The summed E-state index contributed by atoms with van der Waals surface area (Å²) in [5.74, 6) is -0.578. The van der Waals surface area contributed by atoms with Crippen LogP contribution in [0.4, 0.5) is 4.39 Å². The van der Waals surface area contributed by atoms with Gasteiger partial charge in [-0.3, -0.25) is 0 Å². The van der Waals surface area contributed by atoms with Crippen molar-refractivity contribution in [3.8, 4) is 0 Å². The van der Waals surface area contributed by atoms with E-state index in [0.29, 0.717) is 5.56 Å². The van der Waals surface area contributed by atoms with Gasteiger partial charge < -0.3 is 0 Å². The number of hydrogen-bond acceptors (Lipinski definition) is 2. The van der Waals surface area contributed by atoms with E-state index in [1.54, 1.807) is 0 Å². The van der Waals surface area contributed by atoms with Crippen molar-refractivity contribution in [2.75, 3.05) is 7.05 Å². The molecular formula is C11H13ClFNO2S. The Hall–Kier alpha value is -0.650. The summed E-state index contributed by atoms with van der Waals surface area (Å²) in [6, 6.07) is 4.00. The molecule has 0 saturated heterocycles. The highest BCUT2D eigenvalue weighted by atomic mass is 35.5. The third kappa shape index (κ3) is 2.46. The van der Waals surface area contributed by atoms with Crippen molar-refractivity contribution in [2.45, 2.75) is 29.7 Å². The van der Waals surface area contributed by atoms with E-state index in [1.807, 2.05) is 0 Å². The number of benzene rings is 1. The third-order valence-electron chi connectivity index (χ3n) is 2.87. The first-order chi connectivity index (χ1) is 7.96. The fraction of sp³-hybridized carbons (Fsp3) is 0.455. The minimum Gasteiger partial charge on any atom is -0.207 e. The van der Waals surface area contributed by atoms with Crippen molar-refractivity contribution in [1.82, 2.24) is 4.31 Å². The van der Waals surface area contributed by atoms with E-state index in [9.17, 15) is 12.8 Å². The standard InChI is InChI=1S/C11H13ClFNO2S/c1-14(9-3-4-9)17(15,16)11-5-2-8(7-12)6-10(11)13/h2,5-6,9H,3-4,7H2,1H3. The molecule has 0 amide bonds. The predicted molar refractivity (Wildman–Crippen MR) is 63.9 cm³/mol. The second-order valence-electron chi connectivity index (χ2n) is 4.15. The van der Waals surface area contributed by atoms with Crippen molar-refractivity contribution < 1.29 is 12.8 Å². The van der Waals surface area contributed by atoms with Crippen LogP contribution in [-0.2, 0) is 15.9 Å². The molecule has 0 atom stereocenters. The summed E-state index contributed by atoms with van der Waals surface area (Å²) in [6.45, 7) is 0. The van der Waals surface area contributed by atoms with Crippen LogP contribution in [0.25, 0.3) is 0 Å². The van der Waals surface area contributed by atoms with Gasteiger partial charge in [0.1, 0.15) is 10.7 Å². The molecule has 0 bridgehead atoms. The largest absolute Gasteiger partial charge is 0.245 e. The van der Waals surface area contributed by atoms with Gasteiger partial charge in [0.2, 0.25) is 10.0 Å². The van der Waals surface area contributed by atoms with Gasteiger partial charge in [0.15, 0.2) is 0 Å². The highest BCUT2D eigenvalue weighted by Crippen LogP contribution is 2.31. The monoisotopic (exact) mass is 277 g/mol. The van der Waals surface area contributed by atoms with Crippen LogP contribution in [0.5, 0.6) is 0 Å². The van der Waals surface area contributed by atoms with Crippen molar-refractivity contribution in [1.29, 1.82) is 0 Å². The van der Waals surface area contributed by atoms with Crippen LogP contribution in [0.15, 0.2) is 23.1 Å². The molecule has 94 valence electrons. The maximum atomic E-state index is 13.7. The molecule has 1 aromatic carbocycles. The fourth-order valence-corrected chi connectivity index (χ4v) is 3.25. The summed E-state index contributed by atoms with van der Waals surface area (Å²) in [5.41, 5.74) is 0.567. The van der Waals surface area contributed by atoms with E-state index < -0.39 is 15.8 Å². The molecule has 6 heteroatoms. The Morgan fingerprint density at radius 1 is 1.47 bits per heavy atom. The average Bonchev–Trinajstić information content (AvgIpc) is 3.11. The third-order valence-corrected chi connectivity index (χ3v) is 5.12. The van der Waals surface area contributed by atoms with Gasteiger partial charge in [-0.05, 0) is 30.5 Å². The predicted octanol–water partition coefficient (Wildman–Crippen LogP) is 2.35. The van der Waals surface area contributed by atoms with Crippen LogP contribution < -0.4 is 0 Å². The molecule has 0 N–H and O–H groups in total. The Morgan fingerprint density at radius 3 is 2.59 bits per heavy atom. The highest BCUT2D eigenvalue weighted by molar-refractivity contribution is 7.89. The SMILES string of the molecule is CN(C1CC1)S(=O)(=O)c1ccc(CCl)cc1F. The summed E-state index contributed by atoms with van der Waals surface area (Å²) in [7, 11) is -2.23. The van der Waals surface area contributed by atoms with Crippen molar-refractivity contribution in [3.05, 3.63) is 29.6 Å². The average molecular weight is 278 g/mol. The van der Waals surface area contributed by atoms with Crippen LogP contribution in [-0.4, -0.2) is 25.8 Å². The lowest BCUT2D eigenvalue weighted by Gasteiger charge is -2.16. The highest BCUT2D eigenvalue weighted by Gasteiger charge is 2.36. The first-order valence-corrected chi connectivity index (χ1v) is 7.26. The number of halogens is 2. The molecule has 2 rings (SSSR count). The van der Waals surface area contributed by atoms with Gasteiger partial charge in [-0.15, -0.1) is 11.6 Å². The molecule has 0 spiro atoms. The lowest BCUT2D eigenvalue weighted by Crippen LogP contribution is -2.29. The van der Waals surface area contributed by atoms with Crippen LogP contribution >= 0.6 is 11.6 Å². The molecule has 0 unspecified atom stereocenters. The molecule has 3 nitrogen and oxygen atoms in total. The zero-order valence-corrected chi connectivity index (χ0v) is 10.9. The van der Waals surface area contributed by atoms with Gasteiger partial charge in [-0.25, -0.2) is 12.8 Å². The molecule has 0 heterocycles. The Kier molecular flexibility index (Phi) is 3.43. The van der Waals surface area contributed by atoms with E-state index >= 15 is 0 Å². The first-order valence-electron chi connectivity index (χ1n) is 5.29. The molecular weight excluding hydrogens is 265 g/mol. The van der Waals surface area contributed by atoms with Gasteiger partial charge in [0.25, 0.3) is 0 Å². The maximum Gasteiger partial charge on any atom is 0.245 e. The van der Waals surface area contributed by atoms with Crippen LogP contribution in [0.1, 0.15) is 18.4 Å². The van der Waals surface area contributed by atoms with E-state index in [4.69, 9.17) is 11.6 Å². The fourth-order valence-electron chi connectivity index (χ4n) is 1.63. The van der Waals surface area contributed by atoms with Crippen molar-refractivity contribution in [3.63, 3.8) is 0 Å². The van der Waals surface area contributed by atoms with Gasteiger partial charge in [-0.2, -0.15) is 4.31 Å². The zero-order valence-electron chi connectivity index (χ0n) is 9.36. The summed E-state index contributed by atoms with van der Waals surface area (Å²) in [5, 5.41) is 0. The van der Waals surface area contributed by atoms with Crippen LogP contribution in [0, 0.1) is 5.82 Å². The molecule has 1 saturated carbocycles. The minimum atomic E-state index is -3.72. The van der Waals surface area contributed by atoms with Gasteiger partial charge in [-0.1, -0.05) is 6.07 Å². The number of rotatable bonds is 4. The van der Waals surface area contributed by atoms with Gasteiger partial charge in [0.05, 0.1) is 0 Å². The van der Waals surface area contributed by atoms with Crippen LogP contribution in [0.2, 0.25) is 0 Å². The second-order valence-corrected chi connectivity index (χ2v) is 6.38. The summed E-state index contributed by atoms with van der Waals surface area (Å²) in [6.07, 6.45) is 1.69. The first kappa shape index (κ1) is 12.8. The lowest BCUT2D eigenvalue weighted by molar-refractivity contribution is 0.457. The van der Waals surface area contributed by atoms with Gasteiger partial charge in [0, 0.05) is 19.0 Å². The summed E-state index contributed by atoms with van der Waals surface area (Å²) >= 11 is 5.56. The van der Waals surface area contributed by atoms with E-state index in [-0.39, 0.29) is 16.8 Å². The molecule has 17 heavy (non-hydrogen) atoms. The molecule has 1 fully saturated rings. The topological polar surface area (TPSA) is 37.4 Å². The smallest absolute Gasteiger partial charge is 0.207 e. The second kappa shape index (κ2) is 4.55. The molecule has 1 aliphatic carbocycles. The summed E-state index contributed by atoms with van der Waals surface area (Å²) < 4.78 is 39.1. The lowest BCUT2D eigenvalue weighted by atomic mass is 10.2. The molecule has 0 aliphatic heterocycles. The molecule has 1 aliphatic rings. The van der Waals surface area contributed by atoms with E-state index in [2.05, 4.69) is 0 Å². The Labute approximate surface area is 105 Å². The molecule has 1 aromatic rings. The summed E-state index contributed by atoms with van der Waals surface area (Å²) in [4.78, 5) is -0.277. The van der Waals surface area contributed by atoms with E-state index in [0.717, 1.165) is 12.8 Å².